The van der Waals surface area contributed by atoms with Gasteiger partial charge < -0.3 is 29.2 Å². The minimum absolute atomic E-state index is 0.0935. The van der Waals surface area contributed by atoms with Gasteiger partial charge in [0.2, 0.25) is 11.2 Å². The molecule has 0 bridgehead atoms. The van der Waals surface area contributed by atoms with E-state index in [2.05, 4.69) is 15.2 Å². The molecule has 1 aromatic carbocycles. The number of aromatic nitrogens is 3. The Morgan fingerprint density at radius 1 is 1.08 bits per heavy atom. The average molecular weight is 699 g/mol. The Morgan fingerprint density at radius 3 is 2.41 bits per heavy atom. The third-order valence-corrected chi connectivity index (χ3v) is 9.70. The van der Waals surface area contributed by atoms with Gasteiger partial charge in [-0.1, -0.05) is 52.8 Å². The molecular formula is C32H39N6O10P. The number of nitrogen functional groups attached to an aromatic ring is 1. The molecule has 16 nitrogen and oxygen atoms in total. The van der Waals surface area contributed by atoms with Crippen LogP contribution in [0.1, 0.15) is 59.8 Å². The van der Waals surface area contributed by atoms with Crippen LogP contribution in [0, 0.1) is 23.2 Å². The maximum absolute atomic E-state index is 14.6. The number of benzene rings is 1. The zero-order valence-electron chi connectivity index (χ0n) is 27.9. The number of anilines is 1. The van der Waals surface area contributed by atoms with Gasteiger partial charge >= 0.3 is 25.7 Å². The topological polar surface area (TPSA) is 216 Å². The molecule has 262 valence electrons. The number of nitrogens with zero attached hydrogens (tertiary/aromatic N) is 4. The van der Waals surface area contributed by atoms with Crippen molar-refractivity contribution in [1.29, 1.82) is 5.26 Å². The minimum Gasteiger partial charge on any atom is -0.465 e. The molecule has 2 unspecified atom stereocenters. The minimum atomic E-state index is -4.66. The number of para-hydroxylation sites is 1. The smallest absolute Gasteiger partial charge is 0.460 e. The van der Waals surface area contributed by atoms with Crippen molar-refractivity contribution in [3.63, 3.8) is 0 Å². The number of rotatable bonds is 14. The van der Waals surface area contributed by atoms with E-state index in [0.717, 1.165) is 0 Å². The van der Waals surface area contributed by atoms with Gasteiger partial charge in [0, 0.05) is 0 Å². The molecule has 2 fully saturated rings. The fourth-order valence-electron chi connectivity index (χ4n) is 5.48. The van der Waals surface area contributed by atoms with Gasteiger partial charge in [-0.2, -0.15) is 15.4 Å². The van der Waals surface area contributed by atoms with E-state index >= 15 is 0 Å². The molecule has 7 atom stereocenters. The number of nitriles is 1. The highest BCUT2D eigenvalue weighted by Crippen LogP contribution is 2.71. The quantitative estimate of drug-likeness (QED) is 0.140. The van der Waals surface area contributed by atoms with Crippen molar-refractivity contribution in [2.45, 2.75) is 83.5 Å². The van der Waals surface area contributed by atoms with Gasteiger partial charge in [-0.15, -0.1) is 0 Å². The molecule has 49 heavy (non-hydrogen) atoms. The Morgan fingerprint density at radius 2 is 1.78 bits per heavy atom. The monoisotopic (exact) mass is 698 g/mol. The second-order valence-electron chi connectivity index (χ2n) is 12.4. The van der Waals surface area contributed by atoms with E-state index in [1.165, 1.54) is 29.9 Å². The summed E-state index contributed by atoms with van der Waals surface area (Å²) in [6.07, 6.45) is -2.67. The zero-order valence-corrected chi connectivity index (χ0v) is 28.8. The number of hydrogen-bond acceptors (Lipinski definition) is 14. The Kier molecular flexibility index (Phi) is 10.0. The molecule has 1 saturated heterocycles. The number of esters is 3. The van der Waals surface area contributed by atoms with E-state index in [1.54, 1.807) is 58.0 Å². The van der Waals surface area contributed by atoms with Crippen molar-refractivity contribution < 1.29 is 46.9 Å². The number of carbonyl (C=O) groups is 3. The van der Waals surface area contributed by atoms with Crippen molar-refractivity contribution in [3.8, 4) is 11.8 Å². The number of ether oxygens (including phenoxy) is 4. The summed E-state index contributed by atoms with van der Waals surface area (Å²) in [5, 5.41) is 17.6. The summed E-state index contributed by atoms with van der Waals surface area (Å²) in [6, 6.07) is 12.0. The van der Waals surface area contributed by atoms with E-state index in [4.69, 9.17) is 33.7 Å². The highest BCUT2D eigenvalue weighted by molar-refractivity contribution is 7.52. The van der Waals surface area contributed by atoms with Crippen molar-refractivity contribution in [3.05, 3.63) is 54.5 Å². The first-order valence-electron chi connectivity index (χ1n) is 15.8. The summed E-state index contributed by atoms with van der Waals surface area (Å²) in [6.45, 7) is 9.68. The molecule has 17 heteroatoms. The van der Waals surface area contributed by atoms with E-state index < -0.39 is 73.0 Å². The highest BCUT2D eigenvalue weighted by Gasteiger charge is 2.95. The Hall–Kier alpha value is -4.55. The van der Waals surface area contributed by atoms with Gasteiger partial charge in [-0.05, 0) is 37.6 Å². The first-order valence-corrected chi connectivity index (χ1v) is 17.4. The standard InChI is InChI=1S/C32H39N6O10P/c1-7-15-43-29(41)20(6)37-49(42,47-21-11-9-8-10-12-21)48-30-31(16-33)32(30,46-28(40)19(4)5)25(44-27(39)18(2)3)24(45-31)22-13-14-23-26(34)35-17-36-38(22)23/h8-14,17-20,24-25,30H,7,15H2,1-6H3,(H,37,42)(H2,34,35,36)/t20-,24-,25-,30?,31?,32+,49+/m0/s1. The lowest BCUT2D eigenvalue weighted by molar-refractivity contribution is -0.181. The molecule has 5 rings (SSSR count). The van der Waals surface area contributed by atoms with Crippen molar-refractivity contribution in [2.24, 2.45) is 11.8 Å². The summed E-state index contributed by atoms with van der Waals surface area (Å²) in [7, 11) is -4.66. The molecule has 3 aromatic rings. The van der Waals surface area contributed by atoms with Crippen molar-refractivity contribution in [1.82, 2.24) is 19.7 Å². The fraction of sp³-hybridized carbons (Fsp3) is 0.500. The maximum atomic E-state index is 14.6. The summed E-state index contributed by atoms with van der Waals surface area (Å²) >= 11 is 0. The first-order chi connectivity index (χ1) is 23.2. The lowest BCUT2D eigenvalue weighted by atomic mass is 10.0. The summed E-state index contributed by atoms with van der Waals surface area (Å²) in [5.74, 6) is -3.36. The molecule has 1 aliphatic carbocycles. The average Bonchev–Trinajstić information content (AvgIpc) is 3.31. The van der Waals surface area contributed by atoms with Gasteiger partial charge in [0.15, 0.2) is 18.0 Å². The fourth-order valence-corrected chi connectivity index (χ4v) is 7.20. The Bertz CT molecular complexity index is 1810. The number of fused-ring (bicyclic) bond motifs is 2. The number of hydrogen-bond donors (Lipinski definition) is 2. The SMILES string of the molecule is CCCOC(=O)[C@H](C)N[P@@](=O)(Oc1ccccc1)OC1C2(C#N)O[C@@H](c3ccc4c(N)ncnn34)[C@H](OC(=O)C(C)C)[C@@]12OC(=O)C(C)C. The van der Waals surface area contributed by atoms with E-state index in [0.29, 0.717) is 17.6 Å². The van der Waals surface area contributed by atoms with Gasteiger partial charge in [-0.3, -0.25) is 18.9 Å². The highest BCUT2D eigenvalue weighted by atomic mass is 31.2. The van der Waals surface area contributed by atoms with Crippen LogP contribution < -0.4 is 15.3 Å². The molecule has 3 N–H and O–H groups in total. The van der Waals surface area contributed by atoms with Gasteiger partial charge in [-0.25, -0.2) is 14.1 Å². The number of nitrogens with one attached hydrogen (secondary N) is 1. The van der Waals surface area contributed by atoms with Gasteiger partial charge in [0.05, 0.1) is 24.1 Å². The largest absolute Gasteiger partial charge is 0.465 e. The molecule has 2 aromatic heterocycles. The summed E-state index contributed by atoms with van der Waals surface area (Å²) in [4.78, 5) is 43.4. The van der Waals surface area contributed by atoms with Crippen LogP contribution in [0.4, 0.5) is 5.82 Å². The predicted octanol–water partition coefficient (Wildman–Crippen LogP) is 3.67. The molecule has 2 aliphatic rings. The van der Waals surface area contributed by atoms with Crippen LogP contribution in [0.3, 0.4) is 0 Å². The lowest BCUT2D eigenvalue weighted by Gasteiger charge is -2.30. The van der Waals surface area contributed by atoms with Crippen LogP contribution in [0.25, 0.3) is 5.52 Å². The van der Waals surface area contributed by atoms with Gasteiger partial charge in [0.25, 0.3) is 0 Å². The second-order valence-corrected chi connectivity index (χ2v) is 14.0. The van der Waals surface area contributed by atoms with Crippen LogP contribution in [0.2, 0.25) is 0 Å². The zero-order chi connectivity index (χ0) is 35.7. The lowest BCUT2D eigenvalue weighted by Crippen LogP contribution is -2.45. The molecule has 0 spiro atoms. The third kappa shape index (κ3) is 6.47. The number of nitrogens with two attached hydrogens (primary N) is 1. The van der Waals surface area contributed by atoms with E-state index in [9.17, 15) is 24.2 Å². The first kappa shape index (κ1) is 35.7. The summed E-state index contributed by atoms with van der Waals surface area (Å²) < 4.78 is 51.6. The molecule has 0 radical (unpaired) electrons. The third-order valence-electron chi connectivity index (χ3n) is 8.06. The Balaban J connectivity index is 1.62. The molecular weight excluding hydrogens is 659 g/mol. The number of carbonyl (C=O) groups excluding carboxylic acids is 3. The van der Waals surface area contributed by atoms with Crippen LogP contribution >= 0.6 is 7.75 Å². The predicted molar refractivity (Wildman–Crippen MR) is 171 cm³/mol. The van der Waals surface area contributed by atoms with E-state index in [-0.39, 0.29) is 18.2 Å². The summed E-state index contributed by atoms with van der Waals surface area (Å²) in [5.41, 5.74) is 2.40. The Labute approximate surface area is 282 Å². The van der Waals surface area contributed by atoms with Crippen molar-refractivity contribution >= 4 is 37.0 Å². The van der Waals surface area contributed by atoms with Crippen LogP contribution in [0.15, 0.2) is 48.8 Å². The molecule has 3 heterocycles. The molecule has 0 amide bonds. The van der Waals surface area contributed by atoms with Crippen LogP contribution in [-0.2, 0) is 42.4 Å². The van der Waals surface area contributed by atoms with E-state index in [1.807, 2.05) is 13.0 Å². The van der Waals surface area contributed by atoms with Crippen LogP contribution in [0.5, 0.6) is 5.75 Å². The van der Waals surface area contributed by atoms with Gasteiger partial charge in [0.1, 0.15) is 35.8 Å². The molecule has 1 saturated carbocycles. The second kappa shape index (κ2) is 13.8. The van der Waals surface area contributed by atoms with Crippen LogP contribution in [-0.4, -0.2) is 68.6 Å². The molecule has 1 aliphatic heterocycles. The normalized spacial score (nSPS) is 26.0. The van der Waals surface area contributed by atoms with Crippen molar-refractivity contribution in [2.75, 3.05) is 12.3 Å². The maximum Gasteiger partial charge on any atom is 0.460 e.